The zero-order valence-electron chi connectivity index (χ0n) is 23.1. The van der Waals surface area contributed by atoms with Crippen molar-refractivity contribution in [1.29, 1.82) is 0 Å². The second-order valence-corrected chi connectivity index (χ2v) is 10.9. The fourth-order valence-electron chi connectivity index (χ4n) is 5.78. The van der Waals surface area contributed by atoms with E-state index >= 15 is 0 Å². The van der Waals surface area contributed by atoms with Gasteiger partial charge in [-0.2, -0.15) is 20.1 Å². The summed E-state index contributed by atoms with van der Waals surface area (Å²) in [5.74, 6) is 1.38. The Bertz CT molecular complexity index is 1430. The molecule has 210 valence electrons. The number of H-pyrrole nitrogens is 1. The van der Waals surface area contributed by atoms with Crippen molar-refractivity contribution in [2.75, 3.05) is 30.9 Å². The van der Waals surface area contributed by atoms with Crippen LogP contribution in [0.5, 0.6) is 6.01 Å². The van der Waals surface area contributed by atoms with Gasteiger partial charge < -0.3 is 30.5 Å². The van der Waals surface area contributed by atoms with Crippen LogP contribution in [0.4, 0.5) is 22.5 Å². The fourth-order valence-corrected chi connectivity index (χ4v) is 5.78. The Kier molecular flexibility index (Phi) is 6.43. The number of nitrogens with one attached hydrogen (secondary N) is 4. The van der Waals surface area contributed by atoms with E-state index in [2.05, 4.69) is 53.2 Å². The third-order valence-electron chi connectivity index (χ3n) is 8.12. The third-order valence-corrected chi connectivity index (χ3v) is 8.12. The Balaban J connectivity index is 1.19. The predicted octanol–water partition coefficient (Wildman–Crippen LogP) is 2.38. The van der Waals surface area contributed by atoms with Gasteiger partial charge >= 0.3 is 12.0 Å². The number of aromatic amines is 1. The first-order chi connectivity index (χ1) is 19.3. The average molecular weight is 547 g/mol. The van der Waals surface area contributed by atoms with E-state index in [4.69, 9.17) is 4.74 Å². The van der Waals surface area contributed by atoms with Crippen molar-refractivity contribution >= 4 is 29.7 Å². The highest BCUT2D eigenvalue weighted by molar-refractivity contribution is 5.85. The zero-order valence-corrected chi connectivity index (χ0v) is 23.1. The molecule has 2 aliphatic heterocycles. The van der Waals surface area contributed by atoms with Crippen LogP contribution >= 0.6 is 0 Å². The normalized spacial score (nSPS) is 22.6. The maximum absolute atomic E-state index is 13.4. The van der Waals surface area contributed by atoms with Crippen LogP contribution in [-0.2, 0) is 16.9 Å². The molecule has 3 aliphatic rings. The lowest BCUT2D eigenvalue weighted by Gasteiger charge is -2.32. The number of hydrogen-bond acceptors (Lipinski definition) is 9. The Labute approximate surface area is 232 Å². The summed E-state index contributed by atoms with van der Waals surface area (Å²) in [6.45, 7) is 5.01. The van der Waals surface area contributed by atoms with Crippen LogP contribution in [0.1, 0.15) is 55.8 Å². The quantitative estimate of drug-likeness (QED) is 0.350. The highest BCUT2D eigenvalue weighted by Gasteiger charge is 2.47. The smallest absolute Gasteiger partial charge is 0.322 e. The maximum atomic E-state index is 13.4. The largest absolute Gasteiger partial charge is 0.467 e. The van der Waals surface area contributed by atoms with Gasteiger partial charge in [-0.25, -0.2) is 4.79 Å². The second-order valence-electron chi connectivity index (χ2n) is 10.9. The number of carbonyl (C=O) groups is 2. The van der Waals surface area contributed by atoms with Gasteiger partial charge in [0.1, 0.15) is 6.04 Å². The second kappa shape index (κ2) is 9.96. The number of methoxy groups -OCH3 is 1. The maximum Gasteiger partial charge on any atom is 0.322 e. The zero-order chi connectivity index (χ0) is 28.0. The standard InChI is InChI=1S/C27H34N10O3/c1-27(2)20-17(14-37(27)26(39)29-18-13-16(18)15-9-6-5-7-10-15)21(35-34-20)30-23-31-24(33-25(32-23)40-4)36-12-8-11-19(36)22(38)28-3/h5-7,9-10,16,18-19H,8,11-14H2,1-4H3,(H,28,38)(H,29,39)(H2,30,31,32,33,34,35)/t16-,18?,19+/m1/s1. The number of ether oxygens (including phenoxy) is 1. The Morgan fingerprint density at radius 2 is 1.95 bits per heavy atom. The summed E-state index contributed by atoms with van der Waals surface area (Å²) in [7, 11) is 3.10. The van der Waals surface area contributed by atoms with Gasteiger partial charge in [0.2, 0.25) is 17.8 Å². The molecule has 3 amide bonds. The molecule has 1 saturated heterocycles. The molecule has 6 rings (SSSR count). The number of likely N-dealkylation sites (N-methyl/N-ethyl adjacent to an activating group) is 1. The molecule has 2 fully saturated rings. The number of aromatic nitrogens is 5. The van der Waals surface area contributed by atoms with Crippen molar-refractivity contribution in [3.63, 3.8) is 0 Å². The summed E-state index contributed by atoms with van der Waals surface area (Å²) in [6, 6.07) is 10.1. The molecule has 1 aromatic carbocycles. The van der Waals surface area contributed by atoms with Crippen molar-refractivity contribution in [2.45, 2.75) is 63.2 Å². The number of amides is 3. The number of nitrogens with zero attached hydrogens (tertiary/aromatic N) is 6. The Morgan fingerprint density at radius 3 is 2.70 bits per heavy atom. The molecule has 4 N–H and O–H groups in total. The first-order valence-corrected chi connectivity index (χ1v) is 13.6. The minimum Gasteiger partial charge on any atom is -0.467 e. The lowest BCUT2D eigenvalue weighted by Crippen LogP contribution is -2.47. The van der Waals surface area contributed by atoms with Crippen LogP contribution in [0.2, 0.25) is 0 Å². The molecule has 3 atom stereocenters. The van der Waals surface area contributed by atoms with Crippen molar-refractivity contribution in [1.82, 2.24) is 40.7 Å². The van der Waals surface area contributed by atoms with Crippen LogP contribution in [-0.4, -0.2) is 74.8 Å². The van der Waals surface area contributed by atoms with E-state index in [1.54, 1.807) is 7.05 Å². The van der Waals surface area contributed by atoms with Gasteiger partial charge in [-0.3, -0.25) is 9.89 Å². The van der Waals surface area contributed by atoms with Crippen molar-refractivity contribution in [3.8, 4) is 6.01 Å². The van der Waals surface area contributed by atoms with E-state index in [0.717, 1.165) is 24.1 Å². The molecule has 3 aromatic rings. The lowest BCUT2D eigenvalue weighted by molar-refractivity contribution is -0.121. The summed E-state index contributed by atoms with van der Waals surface area (Å²) in [4.78, 5) is 42.8. The number of hydrogen-bond donors (Lipinski definition) is 4. The van der Waals surface area contributed by atoms with E-state index < -0.39 is 5.54 Å². The van der Waals surface area contributed by atoms with Crippen LogP contribution in [0, 0.1) is 0 Å². The van der Waals surface area contributed by atoms with Gasteiger partial charge in [0.15, 0.2) is 5.82 Å². The van der Waals surface area contributed by atoms with Crippen molar-refractivity contribution < 1.29 is 14.3 Å². The van der Waals surface area contributed by atoms with Gasteiger partial charge in [-0.15, -0.1) is 0 Å². The molecule has 2 aromatic heterocycles. The topological polar surface area (TPSA) is 153 Å². The van der Waals surface area contributed by atoms with E-state index in [1.165, 1.54) is 12.7 Å². The van der Waals surface area contributed by atoms with Crippen molar-refractivity contribution in [2.24, 2.45) is 0 Å². The number of carbonyl (C=O) groups excluding carboxylic acids is 2. The molecule has 1 saturated carbocycles. The molecular weight excluding hydrogens is 512 g/mol. The highest BCUT2D eigenvalue weighted by atomic mass is 16.5. The summed E-state index contributed by atoms with van der Waals surface area (Å²) in [5, 5.41) is 16.7. The molecule has 4 heterocycles. The molecule has 40 heavy (non-hydrogen) atoms. The molecule has 0 radical (unpaired) electrons. The highest BCUT2D eigenvalue weighted by Crippen LogP contribution is 2.43. The van der Waals surface area contributed by atoms with Gasteiger partial charge in [0.05, 0.1) is 24.9 Å². The summed E-state index contributed by atoms with van der Waals surface area (Å²) in [5.41, 5.74) is 2.36. The fraction of sp³-hybridized carbons (Fsp3) is 0.481. The summed E-state index contributed by atoms with van der Waals surface area (Å²) < 4.78 is 5.34. The third kappa shape index (κ3) is 4.54. The number of fused-ring (bicyclic) bond motifs is 1. The minimum atomic E-state index is -0.596. The predicted molar refractivity (Wildman–Crippen MR) is 147 cm³/mol. The van der Waals surface area contributed by atoms with Crippen LogP contribution in [0.15, 0.2) is 30.3 Å². The number of anilines is 3. The first kappa shape index (κ1) is 25.8. The van der Waals surface area contributed by atoms with Crippen LogP contribution in [0.25, 0.3) is 0 Å². The molecule has 0 spiro atoms. The number of rotatable bonds is 7. The Morgan fingerprint density at radius 1 is 1.15 bits per heavy atom. The van der Waals surface area contributed by atoms with Crippen LogP contribution < -0.4 is 25.6 Å². The first-order valence-electron chi connectivity index (χ1n) is 13.6. The van der Waals surface area contributed by atoms with E-state index in [-0.39, 0.29) is 36.0 Å². The van der Waals surface area contributed by atoms with Crippen LogP contribution in [0.3, 0.4) is 0 Å². The molecule has 1 unspecified atom stereocenters. The SMILES string of the molecule is CNC(=O)[C@@H]1CCCN1c1nc(Nc2n[nH]c3c2CN(C(=O)NC2C[C@@H]2c2ccccc2)C3(C)C)nc(OC)n1. The number of urea groups is 1. The summed E-state index contributed by atoms with van der Waals surface area (Å²) in [6.07, 6.45) is 2.50. The average Bonchev–Trinajstić information content (AvgIpc) is 3.26. The molecule has 13 heteroatoms. The van der Waals surface area contributed by atoms with Crippen molar-refractivity contribution in [3.05, 3.63) is 47.2 Å². The van der Waals surface area contributed by atoms with E-state index in [9.17, 15) is 9.59 Å². The Hall–Kier alpha value is -4.42. The number of benzene rings is 1. The molecular formula is C27H34N10O3. The lowest BCUT2D eigenvalue weighted by atomic mass is 10.0. The van der Waals surface area contributed by atoms with E-state index in [1.807, 2.05) is 41.8 Å². The van der Waals surface area contributed by atoms with Gasteiger partial charge in [-0.1, -0.05) is 30.3 Å². The van der Waals surface area contributed by atoms with Gasteiger partial charge in [-0.05, 0) is 38.7 Å². The minimum absolute atomic E-state index is 0.0848. The molecule has 1 aliphatic carbocycles. The van der Waals surface area contributed by atoms with Gasteiger partial charge in [0, 0.05) is 31.1 Å². The molecule has 13 nitrogen and oxygen atoms in total. The monoisotopic (exact) mass is 546 g/mol. The van der Waals surface area contributed by atoms with Gasteiger partial charge in [0.25, 0.3) is 0 Å². The molecule has 0 bridgehead atoms. The summed E-state index contributed by atoms with van der Waals surface area (Å²) >= 11 is 0. The van der Waals surface area contributed by atoms with E-state index in [0.29, 0.717) is 37.2 Å².